The fourth-order valence-electron chi connectivity index (χ4n) is 2.38. The lowest BCUT2D eigenvalue weighted by molar-refractivity contribution is 0.0691. The first-order valence-corrected chi connectivity index (χ1v) is 7.69. The van der Waals surface area contributed by atoms with Gasteiger partial charge in [-0.1, -0.05) is 30.3 Å². The van der Waals surface area contributed by atoms with Crippen LogP contribution in [-0.2, 0) is 0 Å². The van der Waals surface area contributed by atoms with Crippen LogP contribution in [0.25, 0.3) is 27.3 Å². The molecule has 7 heteroatoms. The third kappa shape index (κ3) is 2.27. The number of aromatic carboxylic acids is 1. The highest BCUT2D eigenvalue weighted by Crippen LogP contribution is 2.29. The van der Waals surface area contributed by atoms with E-state index in [2.05, 4.69) is 15.1 Å². The van der Waals surface area contributed by atoms with E-state index in [1.54, 1.807) is 17.1 Å². The van der Waals surface area contributed by atoms with E-state index in [9.17, 15) is 4.79 Å². The summed E-state index contributed by atoms with van der Waals surface area (Å²) in [4.78, 5) is 19.3. The molecule has 0 spiro atoms. The Labute approximate surface area is 134 Å². The molecular weight excluding hydrogens is 312 g/mol. The second-order valence-corrected chi connectivity index (χ2v) is 5.68. The van der Waals surface area contributed by atoms with Crippen LogP contribution in [0.1, 0.15) is 10.5 Å². The predicted octanol–water partition coefficient (Wildman–Crippen LogP) is 3.24. The molecule has 0 fully saturated rings. The van der Waals surface area contributed by atoms with Crippen LogP contribution in [0.5, 0.6) is 0 Å². The summed E-state index contributed by atoms with van der Waals surface area (Å²) in [5.74, 6) is -1.05. The smallest absolute Gasteiger partial charge is 0.355 e. The average molecular weight is 322 g/mol. The van der Waals surface area contributed by atoms with Gasteiger partial charge in [-0.05, 0) is 6.07 Å². The number of fused-ring (bicyclic) bond motifs is 1. The van der Waals surface area contributed by atoms with Gasteiger partial charge in [-0.2, -0.15) is 5.10 Å². The zero-order chi connectivity index (χ0) is 15.8. The second-order valence-electron chi connectivity index (χ2n) is 4.84. The number of hydrogen-bond acceptors (Lipinski definition) is 5. The zero-order valence-corrected chi connectivity index (χ0v) is 12.6. The normalized spacial score (nSPS) is 11.0. The standard InChI is InChI=1S/C16H10N4O2S/c21-15(22)12-9-23-16(18-12)20-13-8-17-7-6-11(13)14(19-20)10-4-2-1-3-5-10/h1-9H,(H,21,22). The molecule has 1 aromatic carbocycles. The molecule has 0 saturated heterocycles. The largest absolute Gasteiger partial charge is 0.476 e. The SMILES string of the molecule is O=C(O)c1csc(-n2nc(-c3ccccc3)c3ccncc32)n1. The Morgan fingerprint density at radius 2 is 2.00 bits per heavy atom. The third-order valence-electron chi connectivity index (χ3n) is 3.42. The van der Waals surface area contributed by atoms with Crippen molar-refractivity contribution in [3.63, 3.8) is 0 Å². The molecule has 0 radical (unpaired) electrons. The van der Waals surface area contributed by atoms with Crippen molar-refractivity contribution in [2.75, 3.05) is 0 Å². The lowest BCUT2D eigenvalue weighted by atomic mass is 10.1. The van der Waals surface area contributed by atoms with Gasteiger partial charge < -0.3 is 5.11 Å². The molecule has 23 heavy (non-hydrogen) atoms. The Balaban J connectivity index is 1.95. The maximum atomic E-state index is 11.0. The fourth-order valence-corrected chi connectivity index (χ4v) is 3.14. The van der Waals surface area contributed by atoms with Gasteiger partial charge in [0.25, 0.3) is 0 Å². The summed E-state index contributed by atoms with van der Waals surface area (Å²) in [6.45, 7) is 0. The van der Waals surface area contributed by atoms with Crippen molar-refractivity contribution < 1.29 is 9.90 Å². The third-order valence-corrected chi connectivity index (χ3v) is 4.24. The van der Waals surface area contributed by atoms with Crippen molar-refractivity contribution in [2.24, 2.45) is 0 Å². The van der Waals surface area contributed by atoms with Crippen LogP contribution in [0.4, 0.5) is 0 Å². The van der Waals surface area contributed by atoms with Crippen molar-refractivity contribution in [2.45, 2.75) is 0 Å². The van der Waals surface area contributed by atoms with Gasteiger partial charge >= 0.3 is 5.97 Å². The molecule has 0 bridgehead atoms. The Kier molecular flexibility index (Phi) is 3.13. The minimum Gasteiger partial charge on any atom is -0.476 e. The van der Waals surface area contributed by atoms with E-state index in [0.717, 1.165) is 22.2 Å². The fraction of sp³-hybridized carbons (Fsp3) is 0. The molecule has 112 valence electrons. The second kappa shape index (κ2) is 5.29. The summed E-state index contributed by atoms with van der Waals surface area (Å²) >= 11 is 1.24. The Hall–Kier alpha value is -3.06. The number of carboxylic acids is 1. The van der Waals surface area contributed by atoms with Crippen molar-refractivity contribution in [1.29, 1.82) is 0 Å². The molecule has 0 atom stereocenters. The summed E-state index contributed by atoms with van der Waals surface area (Å²) in [5, 5.41) is 16.6. The predicted molar refractivity (Wildman–Crippen MR) is 86.9 cm³/mol. The summed E-state index contributed by atoms with van der Waals surface area (Å²) in [6, 6.07) is 11.7. The molecule has 6 nitrogen and oxygen atoms in total. The van der Waals surface area contributed by atoms with Gasteiger partial charge in [0.15, 0.2) is 5.69 Å². The topological polar surface area (TPSA) is 80.9 Å². The van der Waals surface area contributed by atoms with E-state index in [0.29, 0.717) is 5.13 Å². The van der Waals surface area contributed by atoms with Crippen molar-refractivity contribution >= 4 is 28.2 Å². The Morgan fingerprint density at radius 3 is 2.74 bits per heavy atom. The highest BCUT2D eigenvalue weighted by Gasteiger charge is 2.17. The van der Waals surface area contributed by atoms with Crippen LogP contribution in [0.3, 0.4) is 0 Å². The van der Waals surface area contributed by atoms with Crippen molar-refractivity contribution in [3.8, 4) is 16.4 Å². The number of thiazole rings is 1. The molecule has 0 aliphatic carbocycles. The van der Waals surface area contributed by atoms with Gasteiger partial charge in [-0.3, -0.25) is 4.98 Å². The number of benzene rings is 1. The lowest BCUT2D eigenvalue weighted by Gasteiger charge is -1.96. The summed E-state index contributed by atoms with van der Waals surface area (Å²) in [7, 11) is 0. The number of rotatable bonds is 3. The van der Waals surface area contributed by atoms with Gasteiger partial charge in [0.1, 0.15) is 5.69 Å². The van der Waals surface area contributed by atoms with Gasteiger partial charge in [-0.15, -0.1) is 11.3 Å². The van der Waals surface area contributed by atoms with Crippen molar-refractivity contribution in [1.82, 2.24) is 19.7 Å². The summed E-state index contributed by atoms with van der Waals surface area (Å²) in [5.41, 5.74) is 2.60. The molecule has 0 amide bonds. The van der Waals surface area contributed by atoms with Gasteiger partial charge in [-0.25, -0.2) is 14.5 Å². The zero-order valence-electron chi connectivity index (χ0n) is 11.7. The number of aromatic nitrogens is 4. The lowest BCUT2D eigenvalue weighted by Crippen LogP contribution is -2.00. The molecule has 3 aromatic heterocycles. The van der Waals surface area contributed by atoms with E-state index >= 15 is 0 Å². The molecular formula is C16H10N4O2S. The van der Waals surface area contributed by atoms with Gasteiger partial charge in [0.05, 0.1) is 11.7 Å². The van der Waals surface area contributed by atoms with Crippen LogP contribution in [-0.4, -0.2) is 30.8 Å². The minimum absolute atomic E-state index is 0.0128. The molecule has 1 N–H and O–H groups in total. The first kappa shape index (κ1) is 13.6. The minimum atomic E-state index is -1.05. The molecule has 0 aliphatic rings. The highest BCUT2D eigenvalue weighted by molar-refractivity contribution is 7.12. The summed E-state index contributed by atoms with van der Waals surface area (Å²) in [6.07, 6.45) is 3.42. The molecule has 4 aromatic rings. The van der Waals surface area contributed by atoms with E-state index in [1.807, 2.05) is 36.4 Å². The number of carboxylic acid groups (broad SMARTS) is 1. The molecule has 3 heterocycles. The average Bonchev–Trinajstić information content (AvgIpc) is 3.20. The van der Waals surface area contributed by atoms with Gasteiger partial charge in [0, 0.05) is 22.5 Å². The van der Waals surface area contributed by atoms with E-state index in [4.69, 9.17) is 5.11 Å². The van der Waals surface area contributed by atoms with Crippen LogP contribution < -0.4 is 0 Å². The number of hydrogen-bond donors (Lipinski definition) is 1. The number of pyridine rings is 1. The quantitative estimate of drug-likeness (QED) is 0.626. The maximum Gasteiger partial charge on any atom is 0.355 e. The molecule has 0 saturated carbocycles. The van der Waals surface area contributed by atoms with E-state index in [-0.39, 0.29) is 5.69 Å². The maximum absolute atomic E-state index is 11.0. The Bertz CT molecular complexity index is 1010. The monoisotopic (exact) mass is 322 g/mol. The van der Waals surface area contributed by atoms with Gasteiger partial charge in [0.2, 0.25) is 5.13 Å². The Morgan fingerprint density at radius 1 is 1.17 bits per heavy atom. The first-order valence-electron chi connectivity index (χ1n) is 6.81. The van der Waals surface area contributed by atoms with Crippen LogP contribution in [0.15, 0.2) is 54.2 Å². The molecule has 0 aliphatic heterocycles. The van der Waals surface area contributed by atoms with E-state index < -0.39 is 5.97 Å². The number of nitrogens with zero attached hydrogens (tertiary/aromatic N) is 4. The summed E-state index contributed by atoms with van der Waals surface area (Å²) < 4.78 is 1.64. The van der Waals surface area contributed by atoms with E-state index in [1.165, 1.54) is 16.7 Å². The highest BCUT2D eigenvalue weighted by atomic mass is 32.1. The van der Waals surface area contributed by atoms with Crippen molar-refractivity contribution in [3.05, 3.63) is 59.9 Å². The van der Waals surface area contributed by atoms with Crippen LogP contribution in [0, 0.1) is 0 Å². The van der Waals surface area contributed by atoms with Crippen LogP contribution in [0.2, 0.25) is 0 Å². The first-order chi connectivity index (χ1) is 11.2. The van der Waals surface area contributed by atoms with Crippen LogP contribution >= 0.6 is 11.3 Å². The molecule has 0 unspecified atom stereocenters. The number of carbonyl (C=O) groups is 1. The molecule has 4 rings (SSSR count).